The Kier molecular flexibility index (Phi) is 3.67. The van der Waals surface area contributed by atoms with Crippen molar-refractivity contribution in [2.75, 3.05) is 5.43 Å². The van der Waals surface area contributed by atoms with E-state index in [9.17, 15) is 4.79 Å². The van der Waals surface area contributed by atoms with Crippen LogP contribution in [-0.2, 0) is 0 Å². The number of rotatable bonds is 2. The Labute approximate surface area is 127 Å². The van der Waals surface area contributed by atoms with E-state index in [1.807, 2.05) is 31.2 Å². The number of hydrogen-bond acceptors (Lipinski definition) is 5. The molecule has 4 rings (SSSR count). The first-order valence-corrected chi connectivity index (χ1v) is 6.79. The molecule has 6 nitrogen and oxygen atoms in total. The smallest absolute Gasteiger partial charge is 0.292 e. The lowest BCUT2D eigenvalue weighted by Crippen LogP contribution is -2.19. The fourth-order valence-corrected chi connectivity index (χ4v) is 2.08. The first-order valence-electron chi connectivity index (χ1n) is 6.79. The summed E-state index contributed by atoms with van der Waals surface area (Å²) in [5, 5.41) is 0. The summed E-state index contributed by atoms with van der Waals surface area (Å²) in [6.45, 7) is 1.94. The minimum Gasteiger partial charge on any atom is -0.292 e. The van der Waals surface area contributed by atoms with Crippen molar-refractivity contribution in [1.82, 2.24) is 15.0 Å². The molecule has 110 valence electrons. The summed E-state index contributed by atoms with van der Waals surface area (Å²) in [7, 11) is 0. The number of nitrogens with zero attached hydrogens (tertiary/aromatic N) is 2. The van der Waals surface area contributed by atoms with Crippen molar-refractivity contribution in [2.24, 2.45) is 5.84 Å². The first-order chi connectivity index (χ1) is 10.7. The number of hydrogen-bond donors (Lipinski definition) is 3. The zero-order valence-electron chi connectivity index (χ0n) is 12.0. The minimum absolute atomic E-state index is 0.0991. The van der Waals surface area contributed by atoms with Gasteiger partial charge in [-0.15, -0.1) is 0 Å². The van der Waals surface area contributed by atoms with Gasteiger partial charge in [-0.25, -0.2) is 10.6 Å². The second-order valence-corrected chi connectivity index (χ2v) is 4.86. The van der Waals surface area contributed by atoms with Crippen LogP contribution in [0, 0.1) is 6.92 Å². The third kappa shape index (κ3) is 2.72. The molecule has 0 atom stereocenters. The number of nitrogens with one attached hydrogen (secondary N) is 2. The summed E-state index contributed by atoms with van der Waals surface area (Å²) < 4.78 is 0. The van der Waals surface area contributed by atoms with E-state index in [2.05, 4.69) is 44.6 Å². The first kappa shape index (κ1) is 14.0. The van der Waals surface area contributed by atoms with Crippen molar-refractivity contribution < 1.29 is 0 Å². The average Bonchev–Trinajstić information content (AvgIpc) is 2.51. The molecule has 0 radical (unpaired) electrons. The van der Waals surface area contributed by atoms with Crippen molar-refractivity contribution in [1.29, 1.82) is 0 Å². The van der Waals surface area contributed by atoms with Crippen molar-refractivity contribution in [3.05, 3.63) is 64.6 Å². The van der Waals surface area contributed by atoms with E-state index in [1.54, 1.807) is 0 Å². The van der Waals surface area contributed by atoms with Crippen LogP contribution in [0.5, 0.6) is 0 Å². The molecule has 0 unspecified atom stereocenters. The Balaban J connectivity index is 0.000000196. The van der Waals surface area contributed by atoms with Crippen molar-refractivity contribution >= 4 is 5.95 Å². The quantitative estimate of drug-likeness (QED) is 0.388. The van der Waals surface area contributed by atoms with Gasteiger partial charge in [0.2, 0.25) is 5.95 Å². The van der Waals surface area contributed by atoms with Crippen LogP contribution in [0.25, 0.3) is 22.5 Å². The summed E-state index contributed by atoms with van der Waals surface area (Å²) in [6.07, 6.45) is 0. The highest BCUT2D eigenvalue weighted by atomic mass is 16.1. The van der Waals surface area contributed by atoms with E-state index in [0.29, 0.717) is 5.82 Å². The van der Waals surface area contributed by atoms with Gasteiger partial charge in [-0.3, -0.25) is 10.4 Å². The van der Waals surface area contributed by atoms with E-state index >= 15 is 0 Å². The Morgan fingerprint density at radius 1 is 1.00 bits per heavy atom. The number of anilines is 1. The maximum absolute atomic E-state index is 11.3. The van der Waals surface area contributed by atoms with Gasteiger partial charge < -0.3 is 0 Å². The van der Waals surface area contributed by atoms with E-state index in [-0.39, 0.29) is 5.95 Å². The van der Waals surface area contributed by atoms with Gasteiger partial charge in [0.15, 0.2) is 0 Å². The van der Waals surface area contributed by atoms with Crippen molar-refractivity contribution in [3.8, 4) is 22.5 Å². The maximum Gasteiger partial charge on any atom is 0.349 e. The standard InChI is InChI=1S/C10H11N5O.C6H4/c1-6-4-2-3-5-7(6)8-12-9(15-11)14-10(16)13-8;1-2-6-4-3-5(1)6/h2-5H,11H2,1H3,(H2,12,13,14,15,16);1-4H. The Morgan fingerprint density at radius 2 is 1.64 bits per heavy atom. The van der Waals surface area contributed by atoms with Gasteiger partial charge >= 0.3 is 5.69 Å². The van der Waals surface area contributed by atoms with Gasteiger partial charge in [0.05, 0.1) is 0 Å². The lowest BCUT2D eigenvalue weighted by atomic mass is 9.95. The Morgan fingerprint density at radius 3 is 2.14 bits per heavy atom. The number of aryl methyl sites for hydroxylation is 1. The van der Waals surface area contributed by atoms with E-state index < -0.39 is 5.69 Å². The molecule has 1 aromatic heterocycles. The Bertz CT molecular complexity index is 834. The number of benzene rings is 2. The van der Waals surface area contributed by atoms with Crippen LogP contribution < -0.4 is 17.0 Å². The number of hydrazine groups is 1. The van der Waals surface area contributed by atoms with Crippen LogP contribution in [0.3, 0.4) is 0 Å². The maximum atomic E-state index is 11.3. The molecule has 0 saturated heterocycles. The topological polar surface area (TPSA) is 96.7 Å². The molecule has 6 heteroatoms. The van der Waals surface area contributed by atoms with Gasteiger partial charge in [-0.2, -0.15) is 9.97 Å². The van der Waals surface area contributed by atoms with Gasteiger partial charge in [0.25, 0.3) is 0 Å². The molecule has 22 heavy (non-hydrogen) atoms. The number of aromatic amines is 1. The number of aromatic nitrogens is 3. The molecular formula is C16H15N5O. The third-order valence-electron chi connectivity index (χ3n) is 3.40. The fraction of sp³-hybridized carbons (Fsp3) is 0.0625. The largest absolute Gasteiger partial charge is 0.349 e. The van der Waals surface area contributed by atoms with Gasteiger partial charge in [-0.05, 0) is 23.6 Å². The lowest BCUT2D eigenvalue weighted by Gasteiger charge is -2.10. The molecule has 0 saturated carbocycles. The monoisotopic (exact) mass is 293 g/mol. The molecule has 1 heterocycles. The molecule has 2 aliphatic carbocycles. The predicted molar refractivity (Wildman–Crippen MR) is 86.1 cm³/mol. The SMILES string of the molecule is Cc1ccccc1-c1nc(NN)nc(=O)[nH]1.c1cc2ccc1-2. The molecule has 2 aromatic rings. The zero-order chi connectivity index (χ0) is 15.5. The predicted octanol–water partition coefficient (Wildman–Crippen LogP) is 2.09. The minimum atomic E-state index is -0.485. The average molecular weight is 293 g/mol. The highest BCUT2D eigenvalue weighted by Crippen LogP contribution is 2.29. The summed E-state index contributed by atoms with van der Waals surface area (Å²) in [6, 6.07) is 16.1. The Hall–Kier alpha value is -2.99. The fourth-order valence-electron chi connectivity index (χ4n) is 2.08. The molecule has 0 amide bonds. The molecule has 0 fully saturated rings. The van der Waals surface area contributed by atoms with Crippen LogP contribution in [0.2, 0.25) is 0 Å². The molecular weight excluding hydrogens is 278 g/mol. The highest BCUT2D eigenvalue weighted by molar-refractivity contribution is 5.75. The molecule has 0 spiro atoms. The second-order valence-electron chi connectivity index (χ2n) is 4.86. The molecule has 1 aromatic carbocycles. The zero-order valence-corrected chi connectivity index (χ0v) is 12.0. The number of nitrogen functional groups attached to an aromatic ring is 1. The van der Waals surface area contributed by atoms with Crippen LogP contribution in [0.15, 0.2) is 53.3 Å². The van der Waals surface area contributed by atoms with Crippen LogP contribution in [0.4, 0.5) is 5.95 Å². The van der Waals surface area contributed by atoms with Gasteiger partial charge in [0.1, 0.15) is 5.82 Å². The van der Waals surface area contributed by atoms with Gasteiger partial charge in [-0.1, -0.05) is 48.5 Å². The van der Waals surface area contributed by atoms with E-state index in [4.69, 9.17) is 5.84 Å². The lowest BCUT2D eigenvalue weighted by molar-refractivity contribution is 0.984. The van der Waals surface area contributed by atoms with Crippen molar-refractivity contribution in [2.45, 2.75) is 6.92 Å². The second kappa shape index (κ2) is 5.79. The number of fused-ring (bicyclic) bond motifs is 1. The van der Waals surface area contributed by atoms with Crippen molar-refractivity contribution in [3.63, 3.8) is 0 Å². The summed E-state index contributed by atoms with van der Waals surface area (Å²) in [4.78, 5) is 21.4. The summed E-state index contributed by atoms with van der Waals surface area (Å²) >= 11 is 0. The summed E-state index contributed by atoms with van der Waals surface area (Å²) in [5.41, 5.74) is 6.48. The normalized spacial score (nSPS) is 10.5. The van der Waals surface area contributed by atoms with E-state index in [0.717, 1.165) is 11.1 Å². The molecule has 0 aliphatic heterocycles. The third-order valence-corrected chi connectivity index (χ3v) is 3.40. The summed E-state index contributed by atoms with van der Waals surface area (Å²) in [5.74, 6) is 5.73. The van der Waals surface area contributed by atoms with Gasteiger partial charge in [0, 0.05) is 5.56 Å². The molecule has 4 N–H and O–H groups in total. The highest BCUT2D eigenvalue weighted by Gasteiger charge is 2.06. The molecule has 2 aliphatic rings. The van der Waals surface area contributed by atoms with E-state index in [1.165, 1.54) is 11.1 Å². The number of nitrogens with two attached hydrogens (primary N) is 1. The van der Waals surface area contributed by atoms with Crippen LogP contribution in [-0.4, -0.2) is 15.0 Å². The number of H-pyrrole nitrogens is 1. The van der Waals surface area contributed by atoms with Crippen LogP contribution >= 0.6 is 0 Å². The molecule has 0 bridgehead atoms. The van der Waals surface area contributed by atoms with Crippen LogP contribution in [0.1, 0.15) is 5.56 Å².